The fourth-order valence-electron chi connectivity index (χ4n) is 3.02. The van der Waals surface area contributed by atoms with E-state index >= 15 is 0 Å². The molecule has 3 heterocycles. The molecule has 0 atom stereocenters. The van der Waals surface area contributed by atoms with E-state index in [1.165, 1.54) is 9.95 Å². The second-order valence-electron chi connectivity index (χ2n) is 7.64. The number of rotatable bonds is 2. The molecule has 0 spiro atoms. The van der Waals surface area contributed by atoms with Crippen molar-refractivity contribution in [2.24, 2.45) is 0 Å². The van der Waals surface area contributed by atoms with Crippen molar-refractivity contribution in [3.8, 4) is 0 Å². The van der Waals surface area contributed by atoms with E-state index < -0.39 is 11.7 Å². The Morgan fingerprint density at radius 2 is 1.53 bits per heavy atom. The molecule has 170 valence electrons. The van der Waals surface area contributed by atoms with Gasteiger partial charge in [0, 0.05) is 49.1 Å². The maximum atomic E-state index is 12.1. The van der Waals surface area contributed by atoms with Crippen LogP contribution >= 0.6 is 0 Å². The first kappa shape index (κ1) is 24.7. The Hall–Kier alpha value is -3.61. The van der Waals surface area contributed by atoms with E-state index in [1.54, 1.807) is 19.4 Å². The van der Waals surface area contributed by atoms with Gasteiger partial charge in [-0.25, -0.2) is 14.3 Å². The number of benzene rings is 1. The minimum Gasteiger partial charge on any atom is -0.443 e. The van der Waals surface area contributed by atoms with Crippen molar-refractivity contribution in [2.45, 2.75) is 40.2 Å². The quantitative estimate of drug-likeness (QED) is 0.392. The standard InChI is InChI=1S/C13H17N3O2.C10H10N2.C2H6/c1-13(2,3)18-12(17)16-8-10(14-4)9-6-5-7-15-11(9)16;1-11-9-6-7-12-10-5-3-2-4-8(9)10;1-2/h5-8,14H,1-4H3;2-7H,1H3,(H,11,12);1-2H3. The SMILES string of the molecule is CC.CNc1ccnc2ccccc12.CNc1cn(C(=O)OC(C)(C)C)c2ncccc12. The van der Waals surface area contributed by atoms with Gasteiger partial charge in [-0.05, 0) is 45.0 Å². The van der Waals surface area contributed by atoms with Crippen molar-refractivity contribution in [1.29, 1.82) is 0 Å². The first-order valence-electron chi connectivity index (χ1n) is 10.7. The lowest BCUT2D eigenvalue weighted by molar-refractivity contribution is 0.0544. The number of fused-ring (bicyclic) bond motifs is 2. The van der Waals surface area contributed by atoms with Crippen LogP contribution in [0.3, 0.4) is 0 Å². The van der Waals surface area contributed by atoms with Crippen LogP contribution in [-0.4, -0.2) is 40.3 Å². The number of ether oxygens (including phenoxy) is 1. The molecule has 0 aliphatic heterocycles. The highest BCUT2D eigenvalue weighted by Crippen LogP contribution is 2.24. The molecular weight excluding hydrogens is 402 g/mol. The summed E-state index contributed by atoms with van der Waals surface area (Å²) in [6.07, 6.45) is 4.75. The van der Waals surface area contributed by atoms with Crippen LogP contribution in [0.4, 0.5) is 16.2 Å². The number of hydrogen-bond acceptors (Lipinski definition) is 6. The molecule has 2 N–H and O–H groups in total. The monoisotopic (exact) mass is 435 g/mol. The van der Waals surface area contributed by atoms with Gasteiger partial charge in [0.15, 0.2) is 5.65 Å². The minimum absolute atomic E-state index is 0.423. The van der Waals surface area contributed by atoms with Crippen molar-refractivity contribution in [1.82, 2.24) is 14.5 Å². The van der Waals surface area contributed by atoms with Crippen molar-refractivity contribution in [2.75, 3.05) is 24.7 Å². The molecule has 4 rings (SSSR count). The van der Waals surface area contributed by atoms with Crippen LogP contribution in [0.2, 0.25) is 0 Å². The van der Waals surface area contributed by atoms with Crippen LogP contribution in [0.5, 0.6) is 0 Å². The first-order chi connectivity index (χ1) is 15.3. The second kappa shape index (κ2) is 11.1. The Morgan fingerprint density at radius 3 is 2.19 bits per heavy atom. The Balaban J connectivity index is 0.000000224. The topological polar surface area (TPSA) is 81.1 Å². The highest BCUT2D eigenvalue weighted by Gasteiger charge is 2.20. The molecule has 0 bridgehead atoms. The van der Waals surface area contributed by atoms with Crippen molar-refractivity contribution < 1.29 is 9.53 Å². The Kier molecular flexibility index (Phi) is 8.58. The number of carbonyl (C=O) groups excluding carboxylic acids is 1. The molecular formula is C25H33N5O2. The molecule has 0 saturated heterocycles. The molecule has 1 aromatic carbocycles. The predicted octanol–water partition coefficient (Wildman–Crippen LogP) is 6.16. The highest BCUT2D eigenvalue weighted by atomic mass is 16.6. The molecule has 3 aromatic heterocycles. The van der Waals surface area contributed by atoms with Crippen LogP contribution in [0.15, 0.2) is 61.1 Å². The predicted molar refractivity (Wildman–Crippen MR) is 134 cm³/mol. The molecule has 0 radical (unpaired) electrons. The summed E-state index contributed by atoms with van der Waals surface area (Å²) in [5.41, 5.74) is 3.08. The Morgan fingerprint density at radius 1 is 0.875 bits per heavy atom. The average molecular weight is 436 g/mol. The van der Waals surface area contributed by atoms with E-state index in [2.05, 4.69) is 26.7 Å². The van der Waals surface area contributed by atoms with E-state index in [0.717, 1.165) is 22.3 Å². The van der Waals surface area contributed by atoms with E-state index in [1.807, 2.05) is 84.3 Å². The summed E-state index contributed by atoms with van der Waals surface area (Å²) in [7, 11) is 3.73. The van der Waals surface area contributed by atoms with Crippen molar-refractivity contribution >= 4 is 39.4 Å². The Bertz CT molecular complexity index is 1160. The van der Waals surface area contributed by atoms with Gasteiger partial charge in [0.1, 0.15) is 5.60 Å². The zero-order chi connectivity index (χ0) is 23.7. The molecule has 4 aromatic rings. The van der Waals surface area contributed by atoms with Gasteiger partial charge < -0.3 is 15.4 Å². The van der Waals surface area contributed by atoms with Crippen LogP contribution in [0.1, 0.15) is 34.6 Å². The molecule has 0 unspecified atom stereocenters. The molecule has 0 saturated carbocycles. The lowest BCUT2D eigenvalue weighted by Gasteiger charge is -2.19. The third-order valence-electron chi connectivity index (χ3n) is 4.34. The summed E-state index contributed by atoms with van der Waals surface area (Å²) in [5.74, 6) is 0. The van der Waals surface area contributed by atoms with Crippen molar-refractivity contribution in [3.63, 3.8) is 0 Å². The third kappa shape index (κ3) is 5.97. The largest absolute Gasteiger partial charge is 0.443 e. The molecule has 0 fully saturated rings. The lowest BCUT2D eigenvalue weighted by atomic mass is 10.2. The molecule has 7 nitrogen and oxygen atoms in total. The van der Waals surface area contributed by atoms with Crippen LogP contribution in [0.25, 0.3) is 21.9 Å². The average Bonchev–Trinajstić information content (AvgIpc) is 3.18. The summed E-state index contributed by atoms with van der Waals surface area (Å²) in [6.45, 7) is 9.51. The zero-order valence-corrected chi connectivity index (χ0v) is 19.9. The summed E-state index contributed by atoms with van der Waals surface area (Å²) >= 11 is 0. The molecule has 0 aliphatic rings. The normalized spacial score (nSPS) is 10.5. The number of pyridine rings is 2. The summed E-state index contributed by atoms with van der Waals surface area (Å²) in [5, 5.41) is 8.23. The van der Waals surface area contributed by atoms with Gasteiger partial charge in [-0.3, -0.25) is 4.98 Å². The molecule has 32 heavy (non-hydrogen) atoms. The van der Waals surface area contributed by atoms with Gasteiger partial charge in [-0.1, -0.05) is 32.0 Å². The summed E-state index contributed by atoms with van der Waals surface area (Å²) in [6, 6.07) is 13.8. The minimum atomic E-state index is -0.526. The van der Waals surface area contributed by atoms with Gasteiger partial charge in [0.25, 0.3) is 0 Å². The number of nitrogens with one attached hydrogen (secondary N) is 2. The number of carbonyl (C=O) groups is 1. The molecule has 0 aliphatic carbocycles. The molecule has 0 amide bonds. The third-order valence-corrected chi connectivity index (χ3v) is 4.34. The fraction of sp³-hybridized carbons (Fsp3) is 0.320. The summed E-state index contributed by atoms with van der Waals surface area (Å²) in [4.78, 5) is 20.5. The maximum absolute atomic E-state index is 12.1. The number of hydrogen-bond donors (Lipinski definition) is 2. The van der Waals surface area contributed by atoms with Crippen LogP contribution in [0, 0.1) is 0 Å². The Labute approximate surface area is 189 Å². The van der Waals surface area contributed by atoms with Gasteiger partial charge in [0.05, 0.1) is 11.2 Å². The van der Waals surface area contributed by atoms with Crippen molar-refractivity contribution in [3.05, 3.63) is 61.1 Å². The van der Waals surface area contributed by atoms with Gasteiger partial charge in [-0.15, -0.1) is 0 Å². The van der Waals surface area contributed by atoms with Gasteiger partial charge in [0.2, 0.25) is 0 Å². The van der Waals surface area contributed by atoms with Crippen LogP contribution in [-0.2, 0) is 4.74 Å². The van der Waals surface area contributed by atoms with Gasteiger partial charge in [-0.2, -0.15) is 0 Å². The fourth-order valence-corrected chi connectivity index (χ4v) is 3.02. The molecule has 7 heteroatoms. The van der Waals surface area contributed by atoms with E-state index in [-0.39, 0.29) is 0 Å². The number of para-hydroxylation sites is 1. The number of nitrogens with zero attached hydrogens (tertiary/aromatic N) is 3. The smallest absolute Gasteiger partial charge is 0.420 e. The van der Waals surface area contributed by atoms with E-state index in [4.69, 9.17) is 4.74 Å². The maximum Gasteiger partial charge on any atom is 0.420 e. The highest BCUT2D eigenvalue weighted by molar-refractivity contribution is 5.96. The second-order valence-corrected chi connectivity index (χ2v) is 7.64. The first-order valence-corrected chi connectivity index (χ1v) is 10.7. The van der Waals surface area contributed by atoms with E-state index in [9.17, 15) is 4.79 Å². The van der Waals surface area contributed by atoms with E-state index in [0.29, 0.717) is 5.65 Å². The summed E-state index contributed by atoms with van der Waals surface area (Å²) < 4.78 is 6.77. The number of anilines is 2. The zero-order valence-electron chi connectivity index (χ0n) is 19.9. The lowest BCUT2D eigenvalue weighted by Crippen LogP contribution is -2.26. The van der Waals surface area contributed by atoms with Gasteiger partial charge >= 0.3 is 6.09 Å². The van der Waals surface area contributed by atoms with Crippen LogP contribution < -0.4 is 10.6 Å². The number of aromatic nitrogens is 3.